The molecule has 0 aliphatic heterocycles. The van der Waals surface area contributed by atoms with Crippen molar-refractivity contribution in [1.29, 1.82) is 0 Å². The third-order valence-electron chi connectivity index (χ3n) is 2.89. The highest BCUT2D eigenvalue weighted by Gasteiger charge is 2.18. The van der Waals surface area contributed by atoms with Crippen molar-refractivity contribution in [2.24, 2.45) is 11.8 Å². The first-order chi connectivity index (χ1) is 8.40. The standard InChI is InChI=1S/C14H23N3S/c1-9(2)13(10(3)4)17-14(18)16-12-8-11(5)6-7-15-12/h6-10,13H,1-5H3,(H2,15,16,17,18). The van der Waals surface area contributed by atoms with Crippen LogP contribution in [0.3, 0.4) is 0 Å². The Morgan fingerprint density at radius 3 is 2.33 bits per heavy atom. The number of nitrogens with one attached hydrogen (secondary N) is 2. The summed E-state index contributed by atoms with van der Waals surface area (Å²) in [7, 11) is 0. The van der Waals surface area contributed by atoms with Crippen LogP contribution in [0.4, 0.5) is 5.82 Å². The van der Waals surface area contributed by atoms with Crippen LogP contribution < -0.4 is 10.6 Å². The minimum atomic E-state index is 0.370. The Kier molecular flexibility index (Phi) is 5.54. The Morgan fingerprint density at radius 1 is 1.22 bits per heavy atom. The van der Waals surface area contributed by atoms with Crippen LogP contribution in [0.25, 0.3) is 0 Å². The topological polar surface area (TPSA) is 37.0 Å². The molecule has 18 heavy (non-hydrogen) atoms. The lowest BCUT2D eigenvalue weighted by atomic mass is 9.93. The molecule has 0 fully saturated rings. The van der Waals surface area contributed by atoms with Gasteiger partial charge in [-0.25, -0.2) is 4.98 Å². The first-order valence-corrected chi connectivity index (χ1v) is 6.81. The van der Waals surface area contributed by atoms with Crippen LogP contribution in [-0.2, 0) is 0 Å². The lowest BCUT2D eigenvalue weighted by Crippen LogP contribution is -2.44. The summed E-state index contributed by atoms with van der Waals surface area (Å²) in [5.41, 5.74) is 1.17. The van der Waals surface area contributed by atoms with E-state index in [1.54, 1.807) is 6.20 Å². The minimum absolute atomic E-state index is 0.370. The van der Waals surface area contributed by atoms with Gasteiger partial charge in [-0.3, -0.25) is 0 Å². The van der Waals surface area contributed by atoms with E-state index in [1.807, 2.05) is 19.1 Å². The Labute approximate surface area is 115 Å². The lowest BCUT2D eigenvalue weighted by molar-refractivity contribution is 0.356. The van der Waals surface area contributed by atoms with Crippen LogP contribution in [0.15, 0.2) is 18.3 Å². The van der Waals surface area contributed by atoms with Crippen LogP contribution in [0.1, 0.15) is 33.3 Å². The van der Waals surface area contributed by atoms with Crippen molar-refractivity contribution in [2.45, 2.75) is 40.7 Å². The van der Waals surface area contributed by atoms with E-state index < -0.39 is 0 Å². The van der Waals surface area contributed by atoms with Gasteiger partial charge in [0, 0.05) is 12.2 Å². The van der Waals surface area contributed by atoms with Gasteiger partial charge < -0.3 is 10.6 Å². The molecule has 0 aliphatic rings. The number of anilines is 1. The molecule has 2 N–H and O–H groups in total. The highest BCUT2D eigenvalue weighted by molar-refractivity contribution is 7.80. The Morgan fingerprint density at radius 2 is 1.83 bits per heavy atom. The average molecular weight is 265 g/mol. The maximum atomic E-state index is 5.33. The molecule has 0 unspecified atom stereocenters. The fourth-order valence-electron chi connectivity index (χ4n) is 2.01. The predicted molar refractivity (Wildman–Crippen MR) is 81.8 cm³/mol. The summed E-state index contributed by atoms with van der Waals surface area (Å²) in [6, 6.07) is 4.32. The van der Waals surface area contributed by atoms with Gasteiger partial charge in [-0.2, -0.15) is 0 Å². The van der Waals surface area contributed by atoms with E-state index in [-0.39, 0.29) is 0 Å². The number of nitrogens with zero attached hydrogens (tertiary/aromatic N) is 1. The molecule has 0 spiro atoms. The summed E-state index contributed by atoms with van der Waals surface area (Å²) in [5, 5.41) is 7.14. The summed E-state index contributed by atoms with van der Waals surface area (Å²) in [5.74, 6) is 1.86. The number of rotatable bonds is 4. The van der Waals surface area contributed by atoms with Gasteiger partial charge in [-0.05, 0) is 48.7 Å². The summed E-state index contributed by atoms with van der Waals surface area (Å²) in [6.07, 6.45) is 1.78. The van der Waals surface area contributed by atoms with Gasteiger partial charge in [-0.15, -0.1) is 0 Å². The second-order valence-electron chi connectivity index (χ2n) is 5.33. The van der Waals surface area contributed by atoms with Crippen molar-refractivity contribution in [2.75, 3.05) is 5.32 Å². The number of thiocarbonyl (C=S) groups is 1. The second kappa shape index (κ2) is 6.69. The van der Waals surface area contributed by atoms with Crippen molar-refractivity contribution >= 4 is 23.1 Å². The number of hydrogen-bond donors (Lipinski definition) is 2. The van der Waals surface area contributed by atoms with Crippen LogP contribution in [0.5, 0.6) is 0 Å². The van der Waals surface area contributed by atoms with E-state index in [2.05, 4.69) is 43.3 Å². The fraction of sp³-hybridized carbons (Fsp3) is 0.571. The number of pyridine rings is 1. The minimum Gasteiger partial charge on any atom is -0.359 e. The number of hydrogen-bond acceptors (Lipinski definition) is 2. The van der Waals surface area contributed by atoms with E-state index in [1.165, 1.54) is 5.56 Å². The van der Waals surface area contributed by atoms with E-state index in [4.69, 9.17) is 12.2 Å². The first kappa shape index (κ1) is 14.9. The Balaban J connectivity index is 2.61. The summed E-state index contributed by atoms with van der Waals surface area (Å²) in [6.45, 7) is 10.8. The first-order valence-electron chi connectivity index (χ1n) is 6.40. The predicted octanol–water partition coefficient (Wildman–Crippen LogP) is 3.36. The third kappa shape index (κ3) is 4.61. The smallest absolute Gasteiger partial charge is 0.172 e. The quantitative estimate of drug-likeness (QED) is 0.819. The molecule has 0 saturated heterocycles. The zero-order chi connectivity index (χ0) is 13.7. The molecule has 0 atom stereocenters. The number of aromatic nitrogens is 1. The van der Waals surface area contributed by atoms with Gasteiger partial charge >= 0.3 is 0 Å². The normalized spacial score (nSPS) is 11.1. The molecule has 0 radical (unpaired) electrons. The van der Waals surface area contributed by atoms with Gasteiger partial charge in [0.25, 0.3) is 0 Å². The summed E-state index contributed by atoms with van der Waals surface area (Å²) < 4.78 is 0. The van der Waals surface area contributed by atoms with Crippen molar-refractivity contribution in [3.63, 3.8) is 0 Å². The van der Waals surface area contributed by atoms with E-state index in [9.17, 15) is 0 Å². The highest BCUT2D eigenvalue weighted by atomic mass is 32.1. The molecule has 0 aromatic carbocycles. The molecule has 1 heterocycles. The largest absolute Gasteiger partial charge is 0.359 e. The van der Waals surface area contributed by atoms with Crippen molar-refractivity contribution in [3.8, 4) is 0 Å². The molecule has 100 valence electrons. The zero-order valence-corrected chi connectivity index (χ0v) is 12.6. The molecule has 1 aromatic rings. The maximum absolute atomic E-state index is 5.33. The molecule has 1 rings (SSSR count). The molecule has 0 amide bonds. The zero-order valence-electron chi connectivity index (χ0n) is 11.8. The number of aryl methyl sites for hydroxylation is 1. The molecular formula is C14H23N3S. The summed E-state index contributed by atoms with van der Waals surface area (Å²) in [4.78, 5) is 4.24. The maximum Gasteiger partial charge on any atom is 0.172 e. The molecule has 0 bridgehead atoms. The van der Waals surface area contributed by atoms with Gasteiger partial charge in [0.2, 0.25) is 0 Å². The average Bonchev–Trinajstić information content (AvgIpc) is 2.25. The Bertz CT molecular complexity index is 394. The molecular weight excluding hydrogens is 242 g/mol. The van der Waals surface area contributed by atoms with Crippen LogP contribution in [0.2, 0.25) is 0 Å². The highest BCUT2D eigenvalue weighted by Crippen LogP contribution is 2.12. The van der Waals surface area contributed by atoms with E-state index in [0.717, 1.165) is 5.82 Å². The van der Waals surface area contributed by atoms with Crippen LogP contribution >= 0.6 is 12.2 Å². The van der Waals surface area contributed by atoms with Crippen LogP contribution in [-0.4, -0.2) is 16.1 Å². The van der Waals surface area contributed by atoms with Gasteiger partial charge in [-0.1, -0.05) is 27.7 Å². The van der Waals surface area contributed by atoms with Crippen molar-refractivity contribution in [3.05, 3.63) is 23.9 Å². The third-order valence-corrected chi connectivity index (χ3v) is 3.11. The van der Waals surface area contributed by atoms with E-state index in [0.29, 0.717) is 23.0 Å². The van der Waals surface area contributed by atoms with Crippen molar-refractivity contribution < 1.29 is 0 Å². The van der Waals surface area contributed by atoms with E-state index >= 15 is 0 Å². The van der Waals surface area contributed by atoms with Gasteiger partial charge in [0.1, 0.15) is 5.82 Å². The molecule has 1 aromatic heterocycles. The molecule has 3 nitrogen and oxygen atoms in total. The SMILES string of the molecule is Cc1ccnc(NC(=S)NC(C(C)C)C(C)C)c1. The Hall–Kier alpha value is -1.16. The second-order valence-corrected chi connectivity index (χ2v) is 5.74. The lowest BCUT2D eigenvalue weighted by Gasteiger charge is -2.27. The fourth-order valence-corrected chi connectivity index (χ4v) is 2.25. The van der Waals surface area contributed by atoms with Gasteiger partial charge in [0.05, 0.1) is 0 Å². The molecule has 0 saturated carbocycles. The summed E-state index contributed by atoms with van der Waals surface area (Å²) >= 11 is 5.33. The van der Waals surface area contributed by atoms with Crippen LogP contribution in [0, 0.1) is 18.8 Å². The monoisotopic (exact) mass is 265 g/mol. The van der Waals surface area contributed by atoms with Gasteiger partial charge in [0.15, 0.2) is 5.11 Å². The van der Waals surface area contributed by atoms with Crippen molar-refractivity contribution in [1.82, 2.24) is 10.3 Å². The molecule has 0 aliphatic carbocycles. The molecule has 4 heteroatoms.